The van der Waals surface area contributed by atoms with E-state index in [0.717, 1.165) is 22.3 Å². The molecule has 0 radical (unpaired) electrons. The molecule has 1 heterocycles. The van der Waals surface area contributed by atoms with E-state index in [2.05, 4.69) is 26.3 Å². The van der Waals surface area contributed by atoms with Crippen LogP contribution in [0.15, 0.2) is 4.47 Å². The molecule has 0 saturated heterocycles. The maximum atomic E-state index is 11.3. The average molecular weight is 338 g/mol. The number of aromatic nitrogens is 2. The quantitative estimate of drug-likeness (QED) is 0.838. The van der Waals surface area contributed by atoms with Crippen molar-refractivity contribution in [2.75, 3.05) is 19.1 Å². The molecule has 1 aromatic rings. The smallest absolute Gasteiger partial charge is 0.148 e. The highest BCUT2D eigenvalue weighted by Gasteiger charge is 2.19. The lowest BCUT2D eigenvalue weighted by atomic mass is 10.1. The summed E-state index contributed by atoms with van der Waals surface area (Å²) in [5, 5.41) is 7.45. The van der Waals surface area contributed by atoms with E-state index in [0.29, 0.717) is 6.42 Å². The first-order valence-corrected chi connectivity index (χ1v) is 8.69. The molecule has 0 bridgehead atoms. The lowest BCUT2D eigenvalue weighted by Gasteiger charge is -2.15. The van der Waals surface area contributed by atoms with Crippen molar-refractivity contribution in [1.29, 1.82) is 0 Å². The van der Waals surface area contributed by atoms with Gasteiger partial charge in [0.2, 0.25) is 0 Å². The number of rotatable bonds is 6. The second kappa shape index (κ2) is 6.16. The Labute approximate surface area is 117 Å². The second-order valence-electron chi connectivity index (χ2n) is 4.47. The van der Waals surface area contributed by atoms with Crippen molar-refractivity contribution in [1.82, 2.24) is 15.1 Å². The Hall–Kier alpha value is -0.400. The summed E-state index contributed by atoms with van der Waals surface area (Å²) in [5.41, 5.74) is 2.02. The van der Waals surface area contributed by atoms with Gasteiger partial charge in [-0.1, -0.05) is 6.92 Å². The summed E-state index contributed by atoms with van der Waals surface area (Å²) in [4.78, 5) is 0. The summed E-state index contributed by atoms with van der Waals surface area (Å²) in [6, 6.07) is -0.101. The zero-order chi connectivity index (χ0) is 13.9. The highest BCUT2D eigenvalue weighted by Crippen LogP contribution is 2.22. The Morgan fingerprint density at radius 3 is 2.50 bits per heavy atom. The number of nitrogens with one attached hydrogen (secondary N) is 1. The van der Waals surface area contributed by atoms with Gasteiger partial charge in [0, 0.05) is 25.8 Å². The number of hydrogen-bond acceptors (Lipinski definition) is 4. The van der Waals surface area contributed by atoms with E-state index < -0.39 is 9.84 Å². The number of sulfone groups is 1. The van der Waals surface area contributed by atoms with E-state index in [1.165, 1.54) is 6.26 Å². The largest absolute Gasteiger partial charge is 0.316 e. The van der Waals surface area contributed by atoms with Gasteiger partial charge >= 0.3 is 0 Å². The molecular weight excluding hydrogens is 318 g/mol. The molecule has 1 unspecified atom stereocenters. The van der Waals surface area contributed by atoms with E-state index in [9.17, 15) is 8.42 Å². The summed E-state index contributed by atoms with van der Waals surface area (Å²) >= 11 is 3.54. The summed E-state index contributed by atoms with van der Waals surface area (Å²) in [5.74, 6) is 0.128. The van der Waals surface area contributed by atoms with Crippen LogP contribution in [-0.4, -0.2) is 43.3 Å². The first-order valence-electron chi connectivity index (χ1n) is 5.83. The third-order valence-corrected chi connectivity index (χ3v) is 4.78. The molecule has 5 nitrogen and oxygen atoms in total. The number of halogens is 1. The SMILES string of the molecule is CCc1nn(C)c(CC(CS(C)(=O)=O)NC)c1Br. The fourth-order valence-electron chi connectivity index (χ4n) is 1.88. The predicted octanol–water partition coefficient (Wildman–Crippen LogP) is 0.920. The van der Waals surface area contributed by atoms with Crippen molar-refractivity contribution in [2.24, 2.45) is 7.05 Å². The fourth-order valence-corrected chi connectivity index (χ4v) is 3.68. The van der Waals surface area contributed by atoms with Crippen molar-refractivity contribution in [3.05, 3.63) is 15.9 Å². The molecule has 0 aliphatic heterocycles. The molecule has 0 amide bonds. The Morgan fingerprint density at radius 1 is 1.50 bits per heavy atom. The normalized spacial score (nSPS) is 13.8. The third-order valence-electron chi connectivity index (χ3n) is 2.85. The van der Waals surface area contributed by atoms with Gasteiger partial charge in [-0.3, -0.25) is 4.68 Å². The van der Waals surface area contributed by atoms with E-state index >= 15 is 0 Å². The van der Waals surface area contributed by atoms with Crippen LogP contribution in [0.3, 0.4) is 0 Å². The zero-order valence-corrected chi connectivity index (χ0v) is 13.6. The van der Waals surface area contributed by atoms with Gasteiger partial charge in [-0.25, -0.2) is 8.42 Å². The average Bonchev–Trinajstić information content (AvgIpc) is 2.53. The van der Waals surface area contributed by atoms with Gasteiger partial charge < -0.3 is 5.32 Å². The van der Waals surface area contributed by atoms with Crippen molar-refractivity contribution in [2.45, 2.75) is 25.8 Å². The molecule has 0 fully saturated rings. The molecule has 0 aliphatic carbocycles. The number of aryl methyl sites for hydroxylation is 2. The minimum atomic E-state index is -2.99. The van der Waals surface area contributed by atoms with E-state index in [1.807, 2.05) is 18.7 Å². The highest BCUT2D eigenvalue weighted by atomic mass is 79.9. The lowest BCUT2D eigenvalue weighted by molar-refractivity contribution is 0.551. The molecule has 0 spiro atoms. The van der Waals surface area contributed by atoms with Crippen molar-refractivity contribution < 1.29 is 8.42 Å². The van der Waals surface area contributed by atoms with Crippen LogP contribution in [0.1, 0.15) is 18.3 Å². The maximum absolute atomic E-state index is 11.3. The molecule has 18 heavy (non-hydrogen) atoms. The molecule has 1 N–H and O–H groups in total. The van der Waals surface area contributed by atoms with Crippen molar-refractivity contribution in [3.63, 3.8) is 0 Å². The summed E-state index contributed by atoms with van der Waals surface area (Å²) < 4.78 is 25.5. The minimum Gasteiger partial charge on any atom is -0.316 e. The Balaban J connectivity index is 2.92. The predicted molar refractivity (Wildman–Crippen MR) is 76.5 cm³/mol. The van der Waals surface area contributed by atoms with Crippen LogP contribution in [0.5, 0.6) is 0 Å². The summed E-state index contributed by atoms with van der Waals surface area (Å²) in [6.07, 6.45) is 2.74. The molecule has 7 heteroatoms. The summed E-state index contributed by atoms with van der Waals surface area (Å²) in [7, 11) is 0.673. The molecule has 1 aromatic heterocycles. The van der Waals surface area contributed by atoms with Crippen LogP contribution in [0, 0.1) is 0 Å². The molecule has 1 atom stereocenters. The lowest BCUT2D eigenvalue weighted by Crippen LogP contribution is -2.35. The number of likely N-dealkylation sites (N-methyl/N-ethyl adjacent to an activating group) is 1. The van der Waals surface area contributed by atoms with Gasteiger partial charge in [0.25, 0.3) is 0 Å². The van der Waals surface area contributed by atoms with Gasteiger partial charge in [0.15, 0.2) is 0 Å². The van der Waals surface area contributed by atoms with Gasteiger partial charge in [-0.05, 0) is 29.4 Å². The van der Waals surface area contributed by atoms with Gasteiger partial charge in [-0.15, -0.1) is 0 Å². The van der Waals surface area contributed by atoms with Gasteiger partial charge in [0.05, 0.1) is 21.6 Å². The standard InChI is InChI=1S/C11H20BrN3O2S/c1-5-9-11(12)10(15(3)14-9)6-8(13-2)7-18(4,16)17/h8,13H,5-7H2,1-4H3. The first kappa shape index (κ1) is 15.7. The molecule has 0 aromatic carbocycles. The van der Waals surface area contributed by atoms with Crippen LogP contribution in [-0.2, 0) is 29.7 Å². The molecule has 1 rings (SSSR count). The van der Waals surface area contributed by atoms with Crippen LogP contribution in [0.2, 0.25) is 0 Å². The van der Waals surface area contributed by atoms with Gasteiger partial charge in [0.1, 0.15) is 9.84 Å². The van der Waals surface area contributed by atoms with Crippen molar-refractivity contribution in [3.8, 4) is 0 Å². The third kappa shape index (κ3) is 4.07. The molecule has 104 valence electrons. The number of nitrogens with zero attached hydrogens (tertiary/aromatic N) is 2. The fraction of sp³-hybridized carbons (Fsp3) is 0.727. The summed E-state index contributed by atoms with van der Waals surface area (Å²) in [6.45, 7) is 2.04. The van der Waals surface area contributed by atoms with E-state index in [-0.39, 0.29) is 11.8 Å². The second-order valence-corrected chi connectivity index (χ2v) is 7.44. The van der Waals surface area contributed by atoms with E-state index in [4.69, 9.17) is 0 Å². The highest BCUT2D eigenvalue weighted by molar-refractivity contribution is 9.10. The maximum Gasteiger partial charge on any atom is 0.148 e. The molecule has 0 aliphatic rings. The monoisotopic (exact) mass is 337 g/mol. The topological polar surface area (TPSA) is 64.0 Å². The molecular formula is C11H20BrN3O2S. The zero-order valence-electron chi connectivity index (χ0n) is 11.2. The Morgan fingerprint density at radius 2 is 2.11 bits per heavy atom. The number of hydrogen-bond donors (Lipinski definition) is 1. The van der Waals surface area contributed by atoms with Gasteiger partial charge in [-0.2, -0.15) is 5.10 Å². The van der Waals surface area contributed by atoms with E-state index in [1.54, 1.807) is 7.05 Å². The van der Waals surface area contributed by atoms with Crippen LogP contribution in [0.25, 0.3) is 0 Å². The minimum absolute atomic E-state index is 0.101. The van der Waals surface area contributed by atoms with Crippen LogP contribution >= 0.6 is 15.9 Å². The van der Waals surface area contributed by atoms with Crippen LogP contribution in [0.4, 0.5) is 0 Å². The first-order chi connectivity index (χ1) is 8.28. The van der Waals surface area contributed by atoms with Crippen molar-refractivity contribution >= 4 is 25.8 Å². The Kier molecular flexibility index (Phi) is 5.36. The molecule has 0 saturated carbocycles. The Bertz CT molecular complexity index is 511. The van der Waals surface area contributed by atoms with Crippen LogP contribution < -0.4 is 5.32 Å².